The lowest BCUT2D eigenvalue weighted by atomic mass is 10.0. The fourth-order valence-corrected chi connectivity index (χ4v) is 3.91. The Hall–Kier alpha value is -3.66. The van der Waals surface area contributed by atoms with E-state index in [-0.39, 0.29) is 35.6 Å². The van der Waals surface area contributed by atoms with Gasteiger partial charge in [0.05, 0.1) is 25.0 Å². The number of ether oxygens (including phenoxy) is 6. The Kier molecular flexibility index (Phi) is 14.1. The highest BCUT2D eigenvalue weighted by atomic mass is 16.7. The molecule has 41 heavy (non-hydrogen) atoms. The van der Waals surface area contributed by atoms with Crippen LogP contribution < -0.4 is 14.2 Å². The number of rotatable bonds is 18. The highest BCUT2D eigenvalue weighted by molar-refractivity contribution is 5.99. The molecule has 0 aliphatic rings. The van der Waals surface area contributed by atoms with Crippen LogP contribution in [0.1, 0.15) is 71.3 Å². The number of aromatic nitrogens is 1. The second kappa shape index (κ2) is 17.2. The molecule has 2 aromatic rings. The summed E-state index contributed by atoms with van der Waals surface area (Å²) in [6.45, 7) is 10.9. The first-order valence-electron chi connectivity index (χ1n) is 14.0. The van der Waals surface area contributed by atoms with Crippen LogP contribution in [-0.4, -0.2) is 61.5 Å². The predicted octanol–water partition coefficient (Wildman–Crippen LogP) is 5.42. The minimum absolute atomic E-state index is 0.0284. The molecule has 1 aromatic carbocycles. The minimum atomic E-state index is -0.793. The van der Waals surface area contributed by atoms with E-state index in [9.17, 15) is 14.4 Å². The zero-order valence-corrected chi connectivity index (χ0v) is 25.1. The summed E-state index contributed by atoms with van der Waals surface area (Å²) in [5.41, 5.74) is -0.0399. The van der Waals surface area contributed by atoms with Crippen molar-refractivity contribution in [1.29, 1.82) is 0 Å². The van der Waals surface area contributed by atoms with E-state index in [0.29, 0.717) is 18.8 Å². The van der Waals surface area contributed by atoms with E-state index in [1.807, 2.05) is 44.2 Å². The maximum absolute atomic E-state index is 13.2. The van der Waals surface area contributed by atoms with Gasteiger partial charge in [0.15, 0.2) is 29.1 Å². The molecule has 0 spiro atoms. The molecule has 10 nitrogen and oxygen atoms in total. The van der Waals surface area contributed by atoms with Crippen molar-refractivity contribution in [3.63, 3.8) is 0 Å². The number of benzene rings is 1. The van der Waals surface area contributed by atoms with E-state index in [1.54, 1.807) is 27.7 Å². The van der Waals surface area contributed by atoms with Crippen LogP contribution in [0.5, 0.6) is 17.2 Å². The van der Waals surface area contributed by atoms with Crippen LogP contribution in [0.15, 0.2) is 42.6 Å². The summed E-state index contributed by atoms with van der Waals surface area (Å²) >= 11 is 0. The first kappa shape index (κ1) is 33.5. The van der Waals surface area contributed by atoms with Gasteiger partial charge in [0, 0.05) is 25.3 Å². The number of carbonyl (C=O) groups excluding carboxylic acids is 3. The first-order valence-corrected chi connectivity index (χ1v) is 14.0. The van der Waals surface area contributed by atoms with Crippen molar-refractivity contribution >= 4 is 17.7 Å². The van der Waals surface area contributed by atoms with E-state index in [4.69, 9.17) is 28.4 Å². The molecule has 0 aliphatic carbocycles. The summed E-state index contributed by atoms with van der Waals surface area (Å²) in [6, 6.07) is 10.8. The van der Waals surface area contributed by atoms with Gasteiger partial charge in [-0.2, -0.15) is 0 Å². The Morgan fingerprint density at radius 2 is 1.66 bits per heavy atom. The third-order valence-corrected chi connectivity index (χ3v) is 6.21. The Morgan fingerprint density at radius 1 is 0.951 bits per heavy atom. The Morgan fingerprint density at radius 3 is 2.27 bits per heavy atom. The van der Waals surface area contributed by atoms with E-state index in [2.05, 4.69) is 4.98 Å². The summed E-state index contributed by atoms with van der Waals surface area (Å²) in [6.07, 6.45) is 1.18. The zero-order chi connectivity index (χ0) is 30.4. The van der Waals surface area contributed by atoms with E-state index >= 15 is 0 Å². The number of pyridine rings is 1. The van der Waals surface area contributed by atoms with Crippen molar-refractivity contribution < 1.29 is 42.8 Å². The summed E-state index contributed by atoms with van der Waals surface area (Å²) < 4.78 is 34.0. The highest BCUT2D eigenvalue weighted by Gasteiger charge is 2.33. The molecular formula is C31H43NO9. The molecule has 0 amide bonds. The molecule has 4 atom stereocenters. The maximum Gasteiger partial charge on any atom is 0.311 e. The molecule has 2 rings (SSSR count). The van der Waals surface area contributed by atoms with E-state index < -0.39 is 42.6 Å². The van der Waals surface area contributed by atoms with Crippen LogP contribution in [-0.2, 0) is 23.8 Å². The third-order valence-electron chi connectivity index (χ3n) is 6.21. The van der Waals surface area contributed by atoms with Gasteiger partial charge in [0.25, 0.3) is 0 Å². The van der Waals surface area contributed by atoms with Gasteiger partial charge < -0.3 is 28.4 Å². The average molecular weight is 574 g/mol. The largest absolute Gasteiger partial charge is 0.493 e. The summed E-state index contributed by atoms with van der Waals surface area (Å²) in [5, 5.41) is 0. The molecule has 0 unspecified atom stereocenters. The number of nitrogens with zero attached hydrogens (tertiary/aromatic N) is 1. The van der Waals surface area contributed by atoms with Gasteiger partial charge in [0.2, 0.25) is 6.79 Å². The number of para-hydroxylation sites is 1. The van der Waals surface area contributed by atoms with Crippen LogP contribution >= 0.6 is 0 Å². The van der Waals surface area contributed by atoms with Gasteiger partial charge in [-0.3, -0.25) is 14.4 Å². The fraction of sp³-hybridized carbons (Fsp3) is 0.548. The quantitative estimate of drug-likeness (QED) is 0.130. The van der Waals surface area contributed by atoms with Crippen molar-refractivity contribution in [2.24, 2.45) is 11.8 Å². The first-order chi connectivity index (χ1) is 19.6. The smallest absolute Gasteiger partial charge is 0.311 e. The molecule has 226 valence electrons. The molecule has 0 radical (unpaired) electrons. The summed E-state index contributed by atoms with van der Waals surface area (Å²) in [4.78, 5) is 42.3. The second-order valence-electron chi connectivity index (χ2n) is 9.95. The number of carbonyl (C=O) groups is 3. The number of Topliss-reactive ketones (excluding diaryl/α,β-unsaturated/α-hetero) is 1. The van der Waals surface area contributed by atoms with Crippen molar-refractivity contribution in [2.75, 3.05) is 20.5 Å². The molecule has 10 heteroatoms. The van der Waals surface area contributed by atoms with Gasteiger partial charge in [-0.25, -0.2) is 4.98 Å². The lowest BCUT2D eigenvalue weighted by Gasteiger charge is -2.32. The highest BCUT2D eigenvalue weighted by Crippen LogP contribution is 2.31. The number of ketones is 1. The number of hydrogen-bond donors (Lipinski definition) is 0. The number of methoxy groups -OCH3 is 1. The average Bonchev–Trinajstić information content (AvgIpc) is 2.96. The van der Waals surface area contributed by atoms with Crippen molar-refractivity contribution in [1.82, 2.24) is 4.98 Å². The molecular weight excluding hydrogens is 530 g/mol. The SMILES string of the molecule is CCCO[C@@H](CC)[C@@H](Oc1ccccc1)[C@H](C)OC(=O)[C@H](C)CC(=O)c1nccc(OC)c1OCOC(=O)C(C)C. The molecule has 0 saturated carbocycles. The summed E-state index contributed by atoms with van der Waals surface area (Å²) in [7, 11) is 1.42. The van der Waals surface area contributed by atoms with Gasteiger partial charge in [0.1, 0.15) is 11.9 Å². The molecule has 0 bridgehead atoms. The molecule has 0 saturated heterocycles. The number of hydrogen-bond acceptors (Lipinski definition) is 10. The van der Waals surface area contributed by atoms with Crippen LogP contribution in [0.25, 0.3) is 0 Å². The Balaban J connectivity index is 2.13. The van der Waals surface area contributed by atoms with Gasteiger partial charge in [-0.1, -0.05) is 52.8 Å². The van der Waals surface area contributed by atoms with Gasteiger partial charge >= 0.3 is 11.9 Å². The van der Waals surface area contributed by atoms with E-state index in [1.165, 1.54) is 19.4 Å². The van der Waals surface area contributed by atoms with E-state index in [0.717, 1.165) is 6.42 Å². The van der Waals surface area contributed by atoms with Gasteiger partial charge in [-0.15, -0.1) is 0 Å². The predicted molar refractivity (Wildman–Crippen MR) is 152 cm³/mol. The lowest BCUT2D eigenvalue weighted by Crippen LogP contribution is -2.44. The zero-order valence-electron chi connectivity index (χ0n) is 25.1. The standard InChI is InChI=1S/C31H43NO9/c1-8-17-37-25(9-2)28(41-23-13-11-10-12-14-23)22(6)40-31(35)21(5)18-24(33)27-29(26(36-7)15-16-32-27)38-19-39-30(34)20(3)4/h10-16,20-22,25,28H,8-9,17-19H2,1-7H3/t21-,22+,25+,28+/m1/s1. The van der Waals surface area contributed by atoms with Gasteiger partial charge in [-0.05, 0) is 31.9 Å². The molecule has 0 fully saturated rings. The maximum atomic E-state index is 13.2. The van der Waals surface area contributed by atoms with Crippen LogP contribution in [0.4, 0.5) is 0 Å². The summed E-state index contributed by atoms with van der Waals surface area (Å²) in [5.74, 6) is -1.70. The fourth-order valence-electron chi connectivity index (χ4n) is 3.91. The van der Waals surface area contributed by atoms with Crippen molar-refractivity contribution in [2.45, 2.75) is 79.1 Å². The monoisotopic (exact) mass is 573 g/mol. The van der Waals surface area contributed by atoms with Crippen LogP contribution in [0.2, 0.25) is 0 Å². The molecule has 1 heterocycles. The Labute approximate surface area is 242 Å². The number of esters is 2. The Bertz CT molecular complexity index is 1110. The molecule has 1 aromatic heterocycles. The third kappa shape index (κ3) is 10.4. The van der Waals surface area contributed by atoms with Crippen LogP contribution in [0, 0.1) is 11.8 Å². The van der Waals surface area contributed by atoms with Crippen molar-refractivity contribution in [3.05, 3.63) is 48.3 Å². The molecule has 0 N–H and O–H groups in total. The van der Waals surface area contributed by atoms with Crippen molar-refractivity contribution in [3.8, 4) is 17.2 Å². The normalized spacial score (nSPS) is 14.0. The minimum Gasteiger partial charge on any atom is -0.493 e. The lowest BCUT2D eigenvalue weighted by molar-refractivity contribution is -0.162. The van der Waals surface area contributed by atoms with Crippen LogP contribution in [0.3, 0.4) is 0 Å². The molecule has 0 aliphatic heterocycles. The second-order valence-corrected chi connectivity index (χ2v) is 9.95. The topological polar surface area (TPSA) is 119 Å².